The van der Waals surface area contributed by atoms with Crippen LogP contribution < -0.4 is 18.9 Å². The van der Waals surface area contributed by atoms with Crippen molar-refractivity contribution in [1.82, 2.24) is 9.47 Å². The fourth-order valence-electron chi connectivity index (χ4n) is 4.51. The van der Waals surface area contributed by atoms with Crippen LogP contribution in [0.2, 0.25) is 0 Å². The van der Waals surface area contributed by atoms with Crippen molar-refractivity contribution in [3.8, 4) is 28.7 Å². The maximum Gasteiger partial charge on any atom is 0.231 e. The van der Waals surface area contributed by atoms with E-state index in [9.17, 15) is 5.11 Å². The average molecular weight is 437 g/mol. The van der Waals surface area contributed by atoms with Crippen LogP contribution in [0.3, 0.4) is 0 Å². The summed E-state index contributed by atoms with van der Waals surface area (Å²) in [6.07, 6.45) is -0.429. The van der Waals surface area contributed by atoms with Crippen LogP contribution in [0.25, 0.3) is 5.69 Å². The molecule has 7 nitrogen and oxygen atoms in total. The van der Waals surface area contributed by atoms with Gasteiger partial charge in [0.05, 0.1) is 6.10 Å². The van der Waals surface area contributed by atoms with Gasteiger partial charge in [-0.25, -0.2) is 0 Å². The van der Waals surface area contributed by atoms with Crippen LogP contribution in [0.1, 0.15) is 29.4 Å². The summed E-state index contributed by atoms with van der Waals surface area (Å²) in [6, 6.07) is 14.3. The SMILES string of the molecule is Cc1cc(CN(Cc2ccc3c(c2)OCO3)CC(C)O)c(C)n1-c1ccc2c(c1)OCO2. The van der Waals surface area contributed by atoms with Gasteiger partial charge in [-0.2, -0.15) is 0 Å². The zero-order valence-electron chi connectivity index (χ0n) is 18.6. The highest BCUT2D eigenvalue weighted by atomic mass is 16.7. The molecule has 2 aliphatic rings. The van der Waals surface area contributed by atoms with Gasteiger partial charge in [0.1, 0.15) is 0 Å². The minimum atomic E-state index is -0.429. The number of aromatic nitrogens is 1. The van der Waals surface area contributed by atoms with E-state index in [1.54, 1.807) is 0 Å². The van der Waals surface area contributed by atoms with Gasteiger partial charge < -0.3 is 28.6 Å². The van der Waals surface area contributed by atoms with E-state index >= 15 is 0 Å². The first kappa shape index (κ1) is 20.7. The Morgan fingerprint density at radius 3 is 2.25 bits per heavy atom. The predicted molar refractivity (Wildman–Crippen MR) is 120 cm³/mol. The van der Waals surface area contributed by atoms with Gasteiger partial charge in [0, 0.05) is 42.8 Å². The molecule has 0 saturated heterocycles. The molecule has 0 bridgehead atoms. The van der Waals surface area contributed by atoms with Gasteiger partial charge in [0.15, 0.2) is 23.0 Å². The number of aliphatic hydroxyl groups is 1. The molecule has 168 valence electrons. The van der Waals surface area contributed by atoms with E-state index in [0.29, 0.717) is 13.1 Å². The number of aryl methyl sites for hydroxylation is 1. The number of aliphatic hydroxyl groups excluding tert-OH is 1. The van der Waals surface area contributed by atoms with E-state index in [1.807, 2.05) is 31.2 Å². The Balaban J connectivity index is 1.40. The van der Waals surface area contributed by atoms with Gasteiger partial charge >= 0.3 is 0 Å². The number of hydrogen-bond acceptors (Lipinski definition) is 6. The summed E-state index contributed by atoms with van der Waals surface area (Å²) < 4.78 is 24.2. The molecule has 0 spiro atoms. The van der Waals surface area contributed by atoms with E-state index in [-0.39, 0.29) is 13.6 Å². The molecule has 1 aromatic heterocycles. The number of benzene rings is 2. The largest absolute Gasteiger partial charge is 0.454 e. The van der Waals surface area contributed by atoms with Gasteiger partial charge in [-0.1, -0.05) is 6.07 Å². The lowest BCUT2D eigenvalue weighted by Gasteiger charge is -2.24. The van der Waals surface area contributed by atoms with E-state index in [1.165, 1.54) is 11.3 Å². The number of rotatable bonds is 7. The van der Waals surface area contributed by atoms with E-state index in [0.717, 1.165) is 46.5 Å². The Morgan fingerprint density at radius 1 is 0.875 bits per heavy atom. The van der Waals surface area contributed by atoms with E-state index in [2.05, 4.69) is 41.5 Å². The molecule has 3 heterocycles. The minimum Gasteiger partial charge on any atom is -0.454 e. The number of fused-ring (bicyclic) bond motifs is 2. The van der Waals surface area contributed by atoms with Crippen LogP contribution in [0.15, 0.2) is 42.5 Å². The Kier molecular flexibility index (Phi) is 5.45. The van der Waals surface area contributed by atoms with Crippen LogP contribution in [-0.2, 0) is 13.1 Å². The van der Waals surface area contributed by atoms with Gasteiger partial charge in [-0.05, 0) is 62.2 Å². The Labute approximate surface area is 187 Å². The highest BCUT2D eigenvalue weighted by molar-refractivity contribution is 5.52. The molecule has 3 aromatic rings. The van der Waals surface area contributed by atoms with Crippen molar-refractivity contribution in [3.05, 3.63) is 65.0 Å². The van der Waals surface area contributed by atoms with Crippen molar-refractivity contribution < 1.29 is 24.1 Å². The van der Waals surface area contributed by atoms with Crippen molar-refractivity contribution in [3.63, 3.8) is 0 Å². The van der Waals surface area contributed by atoms with Gasteiger partial charge in [0.2, 0.25) is 13.6 Å². The van der Waals surface area contributed by atoms with Crippen LogP contribution >= 0.6 is 0 Å². The van der Waals surface area contributed by atoms with Crippen molar-refractivity contribution in [1.29, 1.82) is 0 Å². The summed E-state index contributed by atoms with van der Waals surface area (Å²) in [5.41, 5.74) is 5.72. The second-order valence-electron chi connectivity index (χ2n) is 8.48. The molecule has 2 aliphatic heterocycles. The lowest BCUT2D eigenvalue weighted by Crippen LogP contribution is -2.30. The first-order valence-electron chi connectivity index (χ1n) is 10.8. The smallest absolute Gasteiger partial charge is 0.231 e. The third-order valence-electron chi connectivity index (χ3n) is 5.91. The second kappa shape index (κ2) is 8.41. The summed E-state index contributed by atoms with van der Waals surface area (Å²) in [5, 5.41) is 10.1. The summed E-state index contributed by atoms with van der Waals surface area (Å²) in [5.74, 6) is 3.11. The normalized spacial score (nSPS) is 14.9. The highest BCUT2D eigenvalue weighted by Gasteiger charge is 2.20. The quantitative estimate of drug-likeness (QED) is 0.605. The van der Waals surface area contributed by atoms with E-state index < -0.39 is 6.10 Å². The average Bonchev–Trinajstić information content (AvgIpc) is 3.46. The van der Waals surface area contributed by atoms with Crippen molar-refractivity contribution in [2.24, 2.45) is 0 Å². The number of hydrogen-bond donors (Lipinski definition) is 1. The molecule has 2 aromatic carbocycles. The first-order valence-corrected chi connectivity index (χ1v) is 10.8. The Hall–Kier alpha value is -3.16. The predicted octanol–water partition coefficient (Wildman–Crippen LogP) is 3.93. The van der Waals surface area contributed by atoms with Crippen LogP contribution in [0, 0.1) is 13.8 Å². The summed E-state index contributed by atoms with van der Waals surface area (Å²) in [6.45, 7) is 8.60. The fraction of sp³-hybridized carbons (Fsp3) is 0.360. The third-order valence-corrected chi connectivity index (χ3v) is 5.91. The molecule has 32 heavy (non-hydrogen) atoms. The monoisotopic (exact) mass is 436 g/mol. The lowest BCUT2D eigenvalue weighted by molar-refractivity contribution is 0.118. The van der Waals surface area contributed by atoms with Gasteiger partial charge in [0.25, 0.3) is 0 Å². The number of ether oxygens (including phenoxy) is 4. The summed E-state index contributed by atoms with van der Waals surface area (Å²) >= 11 is 0. The van der Waals surface area contributed by atoms with Crippen molar-refractivity contribution >= 4 is 0 Å². The molecule has 0 aliphatic carbocycles. The molecule has 7 heteroatoms. The highest BCUT2D eigenvalue weighted by Crippen LogP contribution is 2.35. The molecule has 0 saturated carbocycles. The zero-order chi connectivity index (χ0) is 22.2. The Bertz CT molecular complexity index is 1140. The molecule has 1 unspecified atom stereocenters. The minimum absolute atomic E-state index is 0.266. The Morgan fingerprint density at radius 2 is 1.53 bits per heavy atom. The molecular weight excluding hydrogens is 408 g/mol. The summed E-state index contributed by atoms with van der Waals surface area (Å²) in [7, 11) is 0. The first-order chi connectivity index (χ1) is 15.5. The lowest BCUT2D eigenvalue weighted by atomic mass is 10.1. The van der Waals surface area contributed by atoms with Crippen LogP contribution in [-0.4, -0.2) is 40.8 Å². The van der Waals surface area contributed by atoms with Gasteiger partial charge in [-0.3, -0.25) is 4.90 Å². The summed E-state index contributed by atoms with van der Waals surface area (Å²) in [4.78, 5) is 2.26. The molecule has 0 fully saturated rings. The fourth-order valence-corrected chi connectivity index (χ4v) is 4.51. The molecule has 1 N–H and O–H groups in total. The van der Waals surface area contributed by atoms with Crippen LogP contribution in [0.5, 0.6) is 23.0 Å². The second-order valence-corrected chi connectivity index (χ2v) is 8.48. The molecule has 0 radical (unpaired) electrons. The molecule has 1 atom stereocenters. The maximum atomic E-state index is 10.1. The standard InChI is InChI=1S/C25H28N2O5/c1-16-8-20(18(3)27(16)21-5-7-23-25(10-21)32-15-30-23)13-26(11-17(2)28)12-19-4-6-22-24(9-19)31-14-29-22/h4-10,17,28H,11-15H2,1-3H3. The topological polar surface area (TPSA) is 65.3 Å². The van der Waals surface area contributed by atoms with Gasteiger partial charge in [-0.15, -0.1) is 0 Å². The molecule has 5 rings (SSSR count). The zero-order valence-corrected chi connectivity index (χ0v) is 18.6. The van der Waals surface area contributed by atoms with Crippen LogP contribution in [0.4, 0.5) is 0 Å². The van der Waals surface area contributed by atoms with Crippen molar-refractivity contribution in [2.45, 2.75) is 40.0 Å². The number of nitrogens with zero attached hydrogens (tertiary/aromatic N) is 2. The maximum absolute atomic E-state index is 10.1. The van der Waals surface area contributed by atoms with E-state index in [4.69, 9.17) is 18.9 Å². The third kappa shape index (κ3) is 4.01. The van der Waals surface area contributed by atoms with Crippen molar-refractivity contribution in [2.75, 3.05) is 20.1 Å². The molecule has 0 amide bonds. The molecular formula is C25H28N2O5.